The Morgan fingerprint density at radius 2 is 1.77 bits per heavy atom. The molecule has 1 heterocycles. The van der Waals surface area contributed by atoms with Gasteiger partial charge < -0.3 is 15.1 Å². The van der Waals surface area contributed by atoms with Crippen molar-refractivity contribution in [3.05, 3.63) is 29.8 Å². The van der Waals surface area contributed by atoms with E-state index in [1.165, 1.54) is 18.0 Å². The minimum absolute atomic E-state index is 0.0310. The number of carbonyl (C=O) groups is 1. The highest BCUT2D eigenvalue weighted by Crippen LogP contribution is 2.14. The minimum atomic E-state index is 0.0310. The molecule has 0 unspecified atom stereocenters. The number of nitrogens with zero attached hydrogens (tertiary/aromatic N) is 2. The molecule has 1 saturated heterocycles. The lowest BCUT2D eigenvalue weighted by atomic mass is 10.2. The summed E-state index contributed by atoms with van der Waals surface area (Å²) in [5.74, 6) is 0.0310. The summed E-state index contributed by atoms with van der Waals surface area (Å²) in [4.78, 5) is 18.2. The summed E-state index contributed by atoms with van der Waals surface area (Å²) in [6, 6.07) is 7.77. The maximum Gasteiger partial charge on any atom is 0.251 e. The van der Waals surface area contributed by atoms with Crippen molar-refractivity contribution in [3.63, 3.8) is 0 Å². The summed E-state index contributed by atoms with van der Waals surface area (Å²) in [6.45, 7) is 9.83. The van der Waals surface area contributed by atoms with Gasteiger partial charge in [0.1, 0.15) is 0 Å². The van der Waals surface area contributed by atoms with Gasteiger partial charge >= 0.3 is 0 Å². The first-order valence-corrected chi connectivity index (χ1v) is 9.32. The van der Waals surface area contributed by atoms with Crippen LogP contribution in [0.15, 0.2) is 29.2 Å². The van der Waals surface area contributed by atoms with Crippen LogP contribution >= 0.6 is 11.8 Å². The molecule has 1 aliphatic rings. The third-order valence-corrected chi connectivity index (χ3v) is 4.94. The number of thioether (sulfide) groups is 1. The molecule has 4 nitrogen and oxygen atoms in total. The first kappa shape index (κ1) is 17.3. The lowest BCUT2D eigenvalue weighted by molar-refractivity contribution is 0.0948. The molecule has 0 atom stereocenters. The quantitative estimate of drug-likeness (QED) is 0.617. The summed E-state index contributed by atoms with van der Waals surface area (Å²) in [7, 11) is 0. The van der Waals surface area contributed by atoms with Gasteiger partial charge in [0.05, 0.1) is 0 Å². The highest BCUT2D eigenvalue weighted by Gasteiger charge is 2.14. The molecule has 1 aromatic carbocycles. The minimum Gasteiger partial charge on any atom is -0.352 e. The number of likely N-dealkylation sites (N-methyl/N-ethyl adjacent to an activating group) is 1. The van der Waals surface area contributed by atoms with Crippen LogP contribution in [0.4, 0.5) is 0 Å². The molecule has 2 rings (SSSR count). The van der Waals surface area contributed by atoms with Gasteiger partial charge in [-0.25, -0.2) is 0 Å². The van der Waals surface area contributed by atoms with E-state index in [4.69, 9.17) is 0 Å². The number of hydrogen-bond donors (Lipinski definition) is 1. The first-order chi connectivity index (χ1) is 10.7. The molecule has 1 aliphatic heterocycles. The van der Waals surface area contributed by atoms with E-state index in [1.807, 2.05) is 30.5 Å². The molecular weight excluding hydrogens is 294 g/mol. The van der Waals surface area contributed by atoms with Crippen molar-refractivity contribution < 1.29 is 4.79 Å². The first-order valence-electron chi connectivity index (χ1n) is 8.10. The van der Waals surface area contributed by atoms with Crippen molar-refractivity contribution in [2.45, 2.75) is 18.2 Å². The molecule has 0 aliphatic carbocycles. The second-order valence-corrected chi connectivity index (χ2v) is 6.49. The Hall–Kier alpha value is -1.04. The molecule has 22 heavy (non-hydrogen) atoms. The van der Waals surface area contributed by atoms with Crippen molar-refractivity contribution >= 4 is 17.7 Å². The zero-order chi connectivity index (χ0) is 15.8. The number of amides is 1. The molecule has 1 amide bonds. The van der Waals surface area contributed by atoms with E-state index >= 15 is 0 Å². The number of nitrogens with one attached hydrogen (secondary N) is 1. The summed E-state index contributed by atoms with van der Waals surface area (Å²) < 4.78 is 0. The van der Waals surface area contributed by atoms with Crippen LogP contribution in [0.2, 0.25) is 0 Å². The van der Waals surface area contributed by atoms with Crippen LogP contribution in [0.3, 0.4) is 0 Å². The van der Waals surface area contributed by atoms with E-state index in [0.29, 0.717) is 0 Å². The summed E-state index contributed by atoms with van der Waals surface area (Å²) >= 11 is 1.69. The summed E-state index contributed by atoms with van der Waals surface area (Å²) in [5.41, 5.74) is 0.745. The van der Waals surface area contributed by atoms with E-state index in [1.54, 1.807) is 11.8 Å². The largest absolute Gasteiger partial charge is 0.352 e. The number of carbonyl (C=O) groups excluding carboxylic acids is 1. The standard InChI is InChI=1S/C17H27N3OS/c1-3-19-11-13-20(14-12-19)10-4-9-18-17(21)15-5-7-16(22-2)8-6-15/h5-8H,3-4,9-14H2,1-2H3,(H,18,21). The van der Waals surface area contributed by atoms with Crippen LogP contribution in [0.5, 0.6) is 0 Å². The van der Waals surface area contributed by atoms with Gasteiger partial charge in [0.15, 0.2) is 0 Å². The van der Waals surface area contributed by atoms with E-state index in [2.05, 4.69) is 22.0 Å². The van der Waals surface area contributed by atoms with E-state index in [9.17, 15) is 4.79 Å². The molecule has 1 N–H and O–H groups in total. The lowest BCUT2D eigenvalue weighted by Crippen LogP contribution is -2.46. The van der Waals surface area contributed by atoms with Crippen LogP contribution in [0, 0.1) is 0 Å². The Morgan fingerprint density at radius 1 is 1.14 bits per heavy atom. The monoisotopic (exact) mass is 321 g/mol. The van der Waals surface area contributed by atoms with Crippen molar-refractivity contribution in [1.29, 1.82) is 0 Å². The molecule has 0 bridgehead atoms. The van der Waals surface area contributed by atoms with Gasteiger partial charge in [-0.15, -0.1) is 11.8 Å². The molecular formula is C17H27N3OS. The van der Waals surface area contributed by atoms with Gasteiger partial charge in [-0.3, -0.25) is 4.79 Å². The van der Waals surface area contributed by atoms with Crippen LogP contribution in [-0.4, -0.2) is 67.8 Å². The van der Waals surface area contributed by atoms with Gasteiger partial charge in [-0.2, -0.15) is 0 Å². The second-order valence-electron chi connectivity index (χ2n) is 5.61. The molecule has 122 valence electrons. The Kier molecular flexibility index (Phi) is 7.22. The number of benzene rings is 1. The highest BCUT2D eigenvalue weighted by molar-refractivity contribution is 7.98. The van der Waals surface area contributed by atoms with Crippen molar-refractivity contribution in [2.75, 3.05) is 52.1 Å². The van der Waals surface area contributed by atoms with Gasteiger partial charge in [0.25, 0.3) is 5.91 Å². The molecule has 0 spiro atoms. The zero-order valence-corrected chi connectivity index (χ0v) is 14.5. The lowest BCUT2D eigenvalue weighted by Gasteiger charge is -2.33. The third-order valence-electron chi connectivity index (χ3n) is 4.20. The van der Waals surface area contributed by atoms with Crippen LogP contribution in [-0.2, 0) is 0 Å². The number of rotatable bonds is 7. The Balaban J connectivity index is 1.62. The van der Waals surface area contributed by atoms with Crippen molar-refractivity contribution in [2.24, 2.45) is 0 Å². The molecule has 0 aromatic heterocycles. The Morgan fingerprint density at radius 3 is 2.36 bits per heavy atom. The zero-order valence-electron chi connectivity index (χ0n) is 13.7. The molecule has 0 saturated carbocycles. The molecule has 5 heteroatoms. The maximum atomic E-state index is 12.0. The number of hydrogen-bond acceptors (Lipinski definition) is 4. The third kappa shape index (κ3) is 5.30. The van der Waals surface area contributed by atoms with Crippen molar-refractivity contribution in [1.82, 2.24) is 15.1 Å². The van der Waals surface area contributed by atoms with E-state index in [0.717, 1.165) is 44.7 Å². The second kappa shape index (κ2) is 9.18. The fraction of sp³-hybridized carbons (Fsp3) is 0.588. The Labute approximate surface area is 138 Å². The summed E-state index contributed by atoms with van der Waals surface area (Å²) in [6.07, 6.45) is 3.05. The number of piperazine rings is 1. The average molecular weight is 321 g/mol. The topological polar surface area (TPSA) is 35.6 Å². The van der Waals surface area contributed by atoms with Crippen LogP contribution in [0.25, 0.3) is 0 Å². The predicted octanol–water partition coefficient (Wildman–Crippen LogP) is 2.17. The Bertz CT molecular complexity index is 455. The molecule has 1 aromatic rings. The molecule has 1 fully saturated rings. The fourth-order valence-corrected chi connectivity index (χ4v) is 3.09. The van der Waals surface area contributed by atoms with E-state index in [-0.39, 0.29) is 5.91 Å². The normalized spacial score (nSPS) is 16.6. The fourth-order valence-electron chi connectivity index (χ4n) is 2.68. The van der Waals surface area contributed by atoms with Crippen LogP contribution < -0.4 is 5.32 Å². The van der Waals surface area contributed by atoms with Crippen molar-refractivity contribution in [3.8, 4) is 0 Å². The predicted molar refractivity (Wildman–Crippen MR) is 93.7 cm³/mol. The smallest absolute Gasteiger partial charge is 0.251 e. The molecule has 0 radical (unpaired) electrons. The van der Waals surface area contributed by atoms with Gasteiger partial charge in [0.2, 0.25) is 0 Å². The van der Waals surface area contributed by atoms with Crippen LogP contribution in [0.1, 0.15) is 23.7 Å². The van der Waals surface area contributed by atoms with E-state index < -0.39 is 0 Å². The summed E-state index contributed by atoms with van der Waals surface area (Å²) in [5, 5.41) is 3.01. The average Bonchev–Trinajstić information content (AvgIpc) is 2.59. The SMILES string of the molecule is CCN1CCN(CCCNC(=O)c2ccc(SC)cc2)CC1. The van der Waals surface area contributed by atoms with Gasteiger partial charge in [0, 0.05) is 43.2 Å². The maximum absolute atomic E-state index is 12.0. The van der Waals surface area contributed by atoms with Gasteiger partial charge in [-0.1, -0.05) is 6.92 Å². The highest BCUT2D eigenvalue weighted by atomic mass is 32.2. The van der Waals surface area contributed by atoms with Gasteiger partial charge in [-0.05, 0) is 50.0 Å².